The molecule has 0 aliphatic heterocycles. The zero-order valence-electron chi connectivity index (χ0n) is 10.8. The summed E-state index contributed by atoms with van der Waals surface area (Å²) in [6, 6.07) is 8.36. The van der Waals surface area contributed by atoms with Gasteiger partial charge in [0.05, 0.1) is 7.11 Å². The largest absolute Gasteiger partial charge is 0.496 e. The fourth-order valence-electron chi connectivity index (χ4n) is 1.85. The number of para-hydroxylation sites is 1. The topological polar surface area (TPSA) is 35.2 Å². The molecule has 1 rings (SSSR count). The molecule has 2 nitrogen and oxygen atoms in total. The van der Waals surface area contributed by atoms with Gasteiger partial charge in [-0.05, 0) is 42.4 Å². The lowest BCUT2D eigenvalue weighted by Gasteiger charge is -2.13. The number of ether oxygens (including phenoxy) is 1. The van der Waals surface area contributed by atoms with Crippen LogP contribution < -0.4 is 10.5 Å². The first-order chi connectivity index (χ1) is 8.27. The van der Waals surface area contributed by atoms with Crippen LogP contribution in [-0.2, 0) is 6.42 Å². The first kappa shape index (κ1) is 14.4. The minimum atomic E-state index is 0.240. The molecular weight excluding hydrogens is 230 g/mol. The summed E-state index contributed by atoms with van der Waals surface area (Å²) in [5, 5.41) is 0. The minimum Gasteiger partial charge on any atom is -0.496 e. The number of nitrogens with two attached hydrogens (primary N) is 1. The molecule has 0 aromatic heterocycles. The van der Waals surface area contributed by atoms with Crippen molar-refractivity contribution in [3.63, 3.8) is 0 Å². The summed E-state index contributed by atoms with van der Waals surface area (Å²) < 4.78 is 5.33. The normalized spacial score (nSPS) is 12.4. The zero-order chi connectivity index (χ0) is 12.5. The lowest BCUT2D eigenvalue weighted by Crippen LogP contribution is -2.23. The van der Waals surface area contributed by atoms with Crippen molar-refractivity contribution in [3.05, 3.63) is 29.8 Å². The molecule has 1 aromatic carbocycles. The van der Waals surface area contributed by atoms with E-state index in [4.69, 9.17) is 10.5 Å². The van der Waals surface area contributed by atoms with Crippen molar-refractivity contribution in [2.24, 2.45) is 5.73 Å². The second-order valence-corrected chi connectivity index (χ2v) is 5.51. The van der Waals surface area contributed by atoms with Gasteiger partial charge in [0, 0.05) is 6.04 Å². The summed E-state index contributed by atoms with van der Waals surface area (Å²) >= 11 is 1.98. The van der Waals surface area contributed by atoms with E-state index in [-0.39, 0.29) is 6.04 Å². The second-order valence-electron chi connectivity index (χ2n) is 4.12. The smallest absolute Gasteiger partial charge is 0.122 e. The van der Waals surface area contributed by atoms with E-state index in [0.717, 1.165) is 18.6 Å². The van der Waals surface area contributed by atoms with Crippen LogP contribution in [0.4, 0.5) is 0 Å². The molecule has 0 radical (unpaired) electrons. The van der Waals surface area contributed by atoms with Gasteiger partial charge in [0.15, 0.2) is 0 Å². The molecule has 0 spiro atoms. The Hall–Kier alpha value is -0.670. The van der Waals surface area contributed by atoms with Crippen LogP contribution in [0.5, 0.6) is 5.75 Å². The summed E-state index contributed by atoms with van der Waals surface area (Å²) in [4.78, 5) is 0. The van der Waals surface area contributed by atoms with E-state index in [9.17, 15) is 0 Å². The average Bonchev–Trinajstić information content (AvgIpc) is 2.35. The van der Waals surface area contributed by atoms with Gasteiger partial charge in [-0.3, -0.25) is 0 Å². The van der Waals surface area contributed by atoms with Crippen molar-refractivity contribution in [2.75, 3.05) is 18.6 Å². The Morgan fingerprint density at radius 2 is 2.12 bits per heavy atom. The van der Waals surface area contributed by atoms with Crippen LogP contribution in [0.1, 0.15) is 25.3 Å². The summed E-state index contributed by atoms with van der Waals surface area (Å²) in [6.07, 6.45) is 3.20. The van der Waals surface area contributed by atoms with Gasteiger partial charge in [0.25, 0.3) is 0 Å². The molecule has 0 amide bonds. The Morgan fingerprint density at radius 3 is 2.82 bits per heavy atom. The maximum Gasteiger partial charge on any atom is 0.122 e. The van der Waals surface area contributed by atoms with Crippen LogP contribution >= 0.6 is 11.8 Å². The van der Waals surface area contributed by atoms with Crippen molar-refractivity contribution < 1.29 is 4.74 Å². The van der Waals surface area contributed by atoms with Gasteiger partial charge in [0.1, 0.15) is 5.75 Å². The average molecular weight is 253 g/mol. The first-order valence-corrected chi connectivity index (χ1v) is 7.38. The lowest BCUT2D eigenvalue weighted by atomic mass is 10.0. The molecule has 3 heteroatoms. The monoisotopic (exact) mass is 253 g/mol. The molecule has 0 heterocycles. The predicted molar refractivity (Wildman–Crippen MR) is 76.9 cm³/mol. The summed E-state index contributed by atoms with van der Waals surface area (Å²) in [6.45, 7) is 2.19. The molecule has 0 aliphatic rings. The summed E-state index contributed by atoms with van der Waals surface area (Å²) in [5.74, 6) is 3.36. The van der Waals surface area contributed by atoms with Crippen molar-refractivity contribution in [1.82, 2.24) is 0 Å². The van der Waals surface area contributed by atoms with Gasteiger partial charge < -0.3 is 10.5 Å². The third-order valence-corrected chi connectivity index (χ3v) is 3.73. The molecule has 0 fully saturated rings. The van der Waals surface area contributed by atoms with Gasteiger partial charge in [-0.1, -0.05) is 25.1 Å². The number of benzene rings is 1. The van der Waals surface area contributed by atoms with E-state index < -0.39 is 0 Å². The molecule has 17 heavy (non-hydrogen) atoms. The highest BCUT2D eigenvalue weighted by atomic mass is 32.2. The molecule has 0 aliphatic carbocycles. The zero-order valence-corrected chi connectivity index (χ0v) is 11.6. The van der Waals surface area contributed by atoms with Gasteiger partial charge in [0.2, 0.25) is 0 Å². The second kappa shape index (κ2) is 8.43. The Labute approximate surface area is 109 Å². The van der Waals surface area contributed by atoms with Crippen LogP contribution in [-0.4, -0.2) is 24.7 Å². The minimum absolute atomic E-state index is 0.240. The number of hydrogen-bond donors (Lipinski definition) is 1. The standard InChI is InChI=1S/C14H23NOS/c1-3-17-10-6-8-13(15)11-12-7-4-5-9-14(12)16-2/h4-5,7,9,13H,3,6,8,10-11,15H2,1-2H3. The fraction of sp³-hybridized carbons (Fsp3) is 0.571. The van der Waals surface area contributed by atoms with Gasteiger partial charge in [-0.2, -0.15) is 11.8 Å². The molecule has 0 bridgehead atoms. The highest BCUT2D eigenvalue weighted by molar-refractivity contribution is 7.99. The number of methoxy groups -OCH3 is 1. The van der Waals surface area contributed by atoms with E-state index >= 15 is 0 Å². The predicted octanol–water partition coefficient (Wildman–Crippen LogP) is 3.10. The molecule has 0 saturated heterocycles. The van der Waals surface area contributed by atoms with Crippen LogP contribution in [0.3, 0.4) is 0 Å². The lowest BCUT2D eigenvalue weighted by molar-refractivity contribution is 0.407. The Morgan fingerprint density at radius 1 is 1.35 bits per heavy atom. The van der Waals surface area contributed by atoms with E-state index in [2.05, 4.69) is 13.0 Å². The SMILES string of the molecule is CCSCCCC(N)Cc1ccccc1OC. The Bertz CT molecular complexity index is 317. The quantitative estimate of drug-likeness (QED) is 0.723. The Kier molecular flexibility index (Phi) is 7.13. The van der Waals surface area contributed by atoms with E-state index in [1.165, 1.54) is 23.5 Å². The first-order valence-electron chi connectivity index (χ1n) is 6.23. The maximum absolute atomic E-state index is 6.15. The summed E-state index contributed by atoms with van der Waals surface area (Å²) in [7, 11) is 1.71. The number of rotatable bonds is 8. The van der Waals surface area contributed by atoms with E-state index in [1.54, 1.807) is 7.11 Å². The third kappa shape index (κ3) is 5.46. The van der Waals surface area contributed by atoms with E-state index in [0.29, 0.717) is 0 Å². The van der Waals surface area contributed by atoms with Crippen molar-refractivity contribution in [3.8, 4) is 5.75 Å². The maximum atomic E-state index is 6.15. The van der Waals surface area contributed by atoms with Gasteiger partial charge in [-0.25, -0.2) is 0 Å². The molecule has 1 atom stereocenters. The molecular formula is C14H23NOS. The third-order valence-electron chi connectivity index (χ3n) is 2.74. The van der Waals surface area contributed by atoms with Gasteiger partial charge >= 0.3 is 0 Å². The Balaban J connectivity index is 2.36. The highest BCUT2D eigenvalue weighted by Crippen LogP contribution is 2.19. The van der Waals surface area contributed by atoms with Crippen LogP contribution in [0.25, 0.3) is 0 Å². The van der Waals surface area contributed by atoms with Crippen molar-refractivity contribution in [2.45, 2.75) is 32.2 Å². The fourth-order valence-corrected chi connectivity index (χ4v) is 2.51. The molecule has 1 unspecified atom stereocenters. The molecule has 96 valence electrons. The molecule has 1 aromatic rings. The van der Waals surface area contributed by atoms with Gasteiger partial charge in [-0.15, -0.1) is 0 Å². The van der Waals surface area contributed by atoms with E-state index in [1.807, 2.05) is 30.0 Å². The van der Waals surface area contributed by atoms with Crippen molar-refractivity contribution >= 4 is 11.8 Å². The summed E-state index contributed by atoms with van der Waals surface area (Å²) in [5.41, 5.74) is 7.36. The van der Waals surface area contributed by atoms with Crippen LogP contribution in [0, 0.1) is 0 Å². The number of thioether (sulfide) groups is 1. The van der Waals surface area contributed by atoms with Crippen molar-refractivity contribution in [1.29, 1.82) is 0 Å². The number of hydrogen-bond acceptors (Lipinski definition) is 3. The van der Waals surface area contributed by atoms with Crippen LogP contribution in [0.15, 0.2) is 24.3 Å². The molecule has 2 N–H and O–H groups in total. The van der Waals surface area contributed by atoms with Crippen LogP contribution in [0.2, 0.25) is 0 Å². The molecule has 0 saturated carbocycles. The highest BCUT2D eigenvalue weighted by Gasteiger charge is 2.07.